The molecule has 0 radical (unpaired) electrons. The van der Waals surface area contributed by atoms with Gasteiger partial charge in [0.25, 0.3) is 0 Å². The van der Waals surface area contributed by atoms with E-state index in [0.29, 0.717) is 25.9 Å². The third-order valence-corrected chi connectivity index (χ3v) is 7.69. The summed E-state index contributed by atoms with van der Waals surface area (Å²) < 4.78 is 11.3. The second-order valence-corrected chi connectivity index (χ2v) is 9.60. The van der Waals surface area contributed by atoms with Gasteiger partial charge in [0.05, 0.1) is 12.1 Å². The molecule has 0 bridgehead atoms. The van der Waals surface area contributed by atoms with Gasteiger partial charge in [-0.05, 0) is 41.5 Å². The highest BCUT2D eigenvalue weighted by atomic mass is 16.5. The lowest BCUT2D eigenvalue weighted by atomic mass is 9.98. The summed E-state index contributed by atoms with van der Waals surface area (Å²) in [5.41, 5.74) is 3.42. The number of carbonyl (C=O) groups excluding carboxylic acids is 2. The first-order valence-corrected chi connectivity index (χ1v) is 11.8. The number of nitrogens with one attached hydrogen (secondary N) is 1. The van der Waals surface area contributed by atoms with Crippen LogP contribution in [0.15, 0.2) is 48.5 Å². The second-order valence-electron chi connectivity index (χ2n) is 9.60. The Labute approximate surface area is 196 Å². The normalized spacial score (nSPS) is 25.9. The molecule has 2 N–H and O–H groups in total. The summed E-state index contributed by atoms with van der Waals surface area (Å²) in [5.74, 6) is -1.45. The maximum atomic E-state index is 13.4. The third-order valence-electron chi connectivity index (χ3n) is 7.69. The Morgan fingerprint density at radius 2 is 1.71 bits per heavy atom. The SMILES string of the molecule is O=C(NC1(C(=O)N2C(C(=O)O)C[C@H]3OCC[C@H]32)CC1)OCC1c2ccccc2-c2ccccc21. The zero-order valence-corrected chi connectivity index (χ0v) is 18.6. The summed E-state index contributed by atoms with van der Waals surface area (Å²) in [5, 5.41) is 12.4. The van der Waals surface area contributed by atoms with Crippen molar-refractivity contribution < 1.29 is 29.0 Å². The lowest BCUT2D eigenvalue weighted by molar-refractivity contribution is -0.151. The average molecular weight is 463 g/mol. The van der Waals surface area contributed by atoms with E-state index >= 15 is 0 Å². The number of carboxylic acid groups (broad SMARTS) is 1. The van der Waals surface area contributed by atoms with Crippen molar-refractivity contribution in [3.8, 4) is 11.1 Å². The molecule has 6 rings (SSSR count). The predicted molar refractivity (Wildman–Crippen MR) is 121 cm³/mol. The minimum Gasteiger partial charge on any atom is -0.480 e. The van der Waals surface area contributed by atoms with E-state index in [0.717, 1.165) is 22.3 Å². The van der Waals surface area contributed by atoms with Gasteiger partial charge in [-0.2, -0.15) is 0 Å². The first-order valence-electron chi connectivity index (χ1n) is 11.8. The number of alkyl carbamates (subject to hydrolysis) is 1. The Bertz CT molecular complexity index is 1130. The van der Waals surface area contributed by atoms with Crippen molar-refractivity contribution in [3.05, 3.63) is 59.7 Å². The Balaban J connectivity index is 1.15. The molecule has 2 aromatic rings. The van der Waals surface area contributed by atoms with Crippen molar-refractivity contribution in [1.82, 2.24) is 10.2 Å². The van der Waals surface area contributed by atoms with Crippen molar-refractivity contribution in [2.45, 2.75) is 55.3 Å². The Morgan fingerprint density at radius 3 is 2.32 bits per heavy atom. The lowest BCUT2D eigenvalue weighted by Crippen LogP contribution is -2.56. The number of aliphatic carboxylic acids is 1. The quantitative estimate of drug-likeness (QED) is 0.708. The summed E-state index contributed by atoms with van der Waals surface area (Å²) in [7, 11) is 0. The fraction of sp³-hybridized carbons (Fsp3) is 0.423. The standard InChI is InChI=1S/C26H26N2O6/c29-23(30)21-13-22-20(9-12-33-22)28(21)24(31)26(10-11-26)27-25(32)34-14-19-17-7-3-1-5-15(17)16-6-2-4-8-18(16)19/h1-8,19-22H,9-14H2,(H,27,32)(H,29,30)/t20-,21?,22-/m1/s1. The molecule has 3 atom stereocenters. The third kappa shape index (κ3) is 3.27. The topological polar surface area (TPSA) is 105 Å². The highest BCUT2D eigenvalue weighted by Gasteiger charge is 2.60. The number of likely N-dealkylation sites (tertiary alicyclic amines) is 1. The highest BCUT2D eigenvalue weighted by Crippen LogP contribution is 2.45. The zero-order valence-electron chi connectivity index (χ0n) is 18.6. The van der Waals surface area contributed by atoms with Gasteiger partial charge < -0.3 is 24.8 Å². The molecule has 0 spiro atoms. The van der Waals surface area contributed by atoms with Gasteiger partial charge in [0, 0.05) is 18.9 Å². The number of carboxylic acids is 1. The van der Waals surface area contributed by atoms with Gasteiger partial charge in [-0.25, -0.2) is 9.59 Å². The smallest absolute Gasteiger partial charge is 0.408 e. The Morgan fingerprint density at radius 1 is 1.06 bits per heavy atom. The molecule has 2 saturated heterocycles. The van der Waals surface area contributed by atoms with Crippen molar-refractivity contribution in [3.63, 3.8) is 0 Å². The maximum Gasteiger partial charge on any atom is 0.408 e. The Kier molecular flexibility index (Phi) is 4.88. The molecule has 2 amide bonds. The summed E-state index contributed by atoms with van der Waals surface area (Å²) in [6, 6.07) is 15.0. The molecular formula is C26H26N2O6. The molecule has 1 saturated carbocycles. The number of hydrogen-bond donors (Lipinski definition) is 2. The molecule has 34 heavy (non-hydrogen) atoms. The minimum atomic E-state index is -1.09. The largest absolute Gasteiger partial charge is 0.480 e. The van der Waals surface area contributed by atoms with Gasteiger partial charge in [-0.3, -0.25) is 4.79 Å². The summed E-state index contributed by atoms with van der Waals surface area (Å²) >= 11 is 0. The highest BCUT2D eigenvalue weighted by molar-refractivity contribution is 5.96. The van der Waals surface area contributed by atoms with Crippen LogP contribution in [0.3, 0.4) is 0 Å². The summed E-state index contributed by atoms with van der Waals surface area (Å²) in [6.45, 7) is 0.669. The molecule has 8 nitrogen and oxygen atoms in total. The second kappa shape index (κ2) is 7.84. The number of fused-ring (bicyclic) bond motifs is 4. The maximum absolute atomic E-state index is 13.4. The number of carbonyl (C=O) groups is 3. The minimum absolute atomic E-state index is 0.0737. The van der Waals surface area contributed by atoms with Crippen LogP contribution in [-0.2, 0) is 19.1 Å². The monoisotopic (exact) mass is 462 g/mol. The molecule has 1 unspecified atom stereocenters. The van der Waals surface area contributed by atoms with Crippen molar-refractivity contribution in [2.75, 3.05) is 13.2 Å². The van der Waals surface area contributed by atoms with E-state index in [1.165, 1.54) is 4.90 Å². The molecule has 4 aliphatic rings. The number of benzene rings is 2. The molecule has 176 valence electrons. The van der Waals surface area contributed by atoms with Gasteiger partial charge in [-0.1, -0.05) is 48.5 Å². The zero-order chi connectivity index (χ0) is 23.4. The predicted octanol–water partition coefficient (Wildman–Crippen LogP) is 2.90. The molecular weight excluding hydrogens is 436 g/mol. The van der Waals surface area contributed by atoms with Crippen LogP contribution in [0.2, 0.25) is 0 Å². The first kappa shape index (κ1) is 21.2. The van der Waals surface area contributed by atoms with Gasteiger partial charge in [0.1, 0.15) is 18.2 Å². The molecule has 2 aliphatic carbocycles. The van der Waals surface area contributed by atoms with Crippen molar-refractivity contribution in [2.24, 2.45) is 0 Å². The van der Waals surface area contributed by atoms with E-state index in [-0.39, 0.29) is 37.0 Å². The van der Waals surface area contributed by atoms with Crippen LogP contribution in [0.1, 0.15) is 42.7 Å². The average Bonchev–Trinajstić information content (AvgIpc) is 3.18. The number of rotatable bonds is 5. The van der Waals surface area contributed by atoms with E-state index in [1.54, 1.807) is 0 Å². The molecule has 2 heterocycles. The summed E-state index contributed by atoms with van der Waals surface area (Å²) in [4.78, 5) is 39.5. The van der Waals surface area contributed by atoms with Gasteiger partial charge in [0.15, 0.2) is 0 Å². The fourth-order valence-corrected chi connectivity index (χ4v) is 5.85. The molecule has 3 fully saturated rings. The number of nitrogens with zero attached hydrogens (tertiary/aromatic N) is 1. The van der Waals surface area contributed by atoms with Crippen molar-refractivity contribution in [1.29, 1.82) is 0 Å². The molecule has 8 heteroatoms. The van der Waals surface area contributed by atoms with Crippen LogP contribution in [0, 0.1) is 0 Å². The van der Waals surface area contributed by atoms with Gasteiger partial charge >= 0.3 is 12.1 Å². The van der Waals surface area contributed by atoms with Crippen LogP contribution in [0.25, 0.3) is 11.1 Å². The van der Waals surface area contributed by atoms with Crippen LogP contribution in [-0.4, -0.2) is 64.9 Å². The number of ether oxygens (including phenoxy) is 2. The van der Waals surface area contributed by atoms with Crippen LogP contribution >= 0.6 is 0 Å². The van der Waals surface area contributed by atoms with E-state index in [1.807, 2.05) is 36.4 Å². The fourth-order valence-electron chi connectivity index (χ4n) is 5.85. The number of hydrogen-bond acceptors (Lipinski definition) is 5. The lowest BCUT2D eigenvalue weighted by Gasteiger charge is -2.31. The van der Waals surface area contributed by atoms with Crippen molar-refractivity contribution >= 4 is 18.0 Å². The molecule has 2 aliphatic heterocycles. The Hall–Kier alpha value is -3.39. The summed E-state index contributed by atoms with van der Waals surface area (Å²) in [6.07, 6.45) is 0.927. The number of amides is 2. The molecule has 2 aromatic carbocycles. The van der Waals surface area contributed by atoms with Gasteiger partial charge in [-0.15, -0.1) is 0 Å². The van der Waals surface area contributed by atoms with E-state index in [9.17, 15) is 19.5 Å². The molecule has 0 aromatic heterocycles. The van der Waals surface area contributed by atoms with Gasteiger partial charge in [0.2, 0.25) is 5.91 Å². The first-order chi connectivity index (χ1) is 16.5. The van der Waals surface area contributed by atoms with Crippen LogP contribution in [0.4, 0.5) is 4.79 Å². The van der Waals surface area contributed by atoms with E-state index in [4.69, 9.17) is 9.47 Å². The van der Waals surface area contributed by atoms with E-state index in [2.05, 4.69) is 17.4 Å². The van der Waals surface area contributed by atoms with Crippen LogP contribution < -0.4 is 5.32 Å². The van der Waals surface area contributed by atoms with Crippen LogP contribution in [0.5, 0.6) is 0 Å². The van der Waals surface area contributed by atoms with E-state index < -0.39 is 23.6 Å².